The molecule has 142 valence electrons. The van der Waals surface area contributed by atoms with Gasteiger partial charge in [0, 0.05) is 31.7 Å². The number of esters is 1. The van der Waals surface area contributed by atoms with Gasteiger partial charge in [0.25, 0.3) is 5.91 Å². The molecular weight excluding hydrogens is 332 g/mol. The van der Waals surface area contributed by atoms with Crippen LogP contribution in [0.2, 0.25) is 0 Å². The van der Waals surface area contributed by atoms with Crippen molar-refractivity contribution in [1.82, 2.24) is 10.6 Å². The van der Waals surface area contributed by atoms with Crippen LogP contribution in [0.25, 0.3) is 0 Å². The molecule has 0 atom stereocenters. The Labute approximate surface area is 155 Å². The van der Waals surface area contributed by atoms with Crippen molar-refractivity contribution in [3.63, 3.8) is 0 Å². The van der Waals surface area contributed by atoms with E-state index in [0.29, 0.717) is 30.8 Å². The third kappa shape index (κ3) is 7.96. The third-order valence-corrected chi connectivity index (χ3v) is 3.83. The summed E-state index contributed by atoms with van der Waals surface area (Å²) in [6.45, 7) is 10.3. The molecule has 0 unspecified atom stereocenters. The highest BCUT2D eigenvalue weighted by Crippen LogP contribution is 2.23. The first-order chi connectivity index (χ1) is 12.1. The Bertz CT molecular complexity index is 687. The molecule has 0 aliphatic rings. The van der Waals surface area contributed by atoms with Crippen molar-refractivity contribution in [3.05, 3.63) is 41.5 Å². The molecule has 0 aliphatic carbocycles. The Hall–Kier alpha value is -2.63. The van der Waals surface area contributed by atoms with Gasteiger partial charge in [-0.2, -0.15) is 0 Å². The molecule has 6 nitrogen and oxygen atoms in total. The molecule has 0 radical (unpaired) electrons. The van der Waals surface area contributed by atoms with Gasteiger partial charge in [0.2, 0.25) is 5.91 Å². The molecule has 0 saturated heterocycles. The van der Waals surface area contributed by atoms with Crippen molar-refractivity contribution in [1.29, 1.82) is 0 Å². The number of amides is 2. The monoisotopic (exact) mass is 360 g/mol. The van der Waals surface area contributed by atoms with Crippen LogP contribution < -0.4 is 15.4 Å². The van der Waals surface area contributed by atoms with E-state index in [0.717, 1.165) is 5.57 Å². The molecule has 2 amide bonds. The predicted molar refractivity (Wildman–Crippen MR) is 101 cm³/mol. The molecule has 0 bridgehead atoms. The minimum absolute atomic E-state index is 0.0358. The molecule has 0 aromatic heterocycles. The highest BCUT2D eigenvalue weighted by atomic mass is 16.5. The Morgan fingerprint density at radius 2 is 1.73 bits per heavy atom. The number of allylic oxidation sites excluding steroid dienone is 1. The summed E-state index contributed by atoms with van der Waals surface area (Å²) in [5.74, 6) is -0.487. The topological polar surface area (TPSA) is 84.5 Å². The van der Waals surface area contributed by atoms with E-state index in [1.807, 2.05) is 6.92 Å². The first-order valence-electron chi connectivity index (χ1n) is 8.63. The summed E-state index contributed by atoms with van der Waals surface area (Å²) in [5, 5.41) is 5.58. The molecule has 0 fully saturated rings. The second kappa shape index (κ2) is 9.75. The quantitative estimate of drug-likeness (QED) is 0.339. The maximum atomic E-state index is 12.1. The maximum absolute atomic E-state index is 12.1. The van der Waals surface area contributed by atoms with Crippen molar-refractivity contribution in [3.8, 4) is 5.75 Å². The van der Waals surface area contributed by atoms with Crippen LogP contribution in [0.15, 0.2) is 35.9 Å². The normalized spacial score (nSPS) is 11.7. The number of rotatable bonds is 7. The highest BCUT2D eigenvalue weighted by Gasteiger charge is 2.13. The first kappa shape index (κ1) is 21.4. The average Bonchev–Trinajstić information content (AvgIpc) is 2.53. The van der Waals surface area contributed by atoms with E-state index < -0.39 is 5.97 Å². The second-order valence-electron chi connectivity index (χ2n) is 7.10. The number of nitrogens with one attached hydrogen (secondary N) is 2. The Morgan fingerprint density at radius 3 is 2.35 bits per heavy atom. The number of carbonyl (C=O) groups excluding carboxylic acids is 3. The van der Waals surface area contributed by atoms with Crippen LogP contribution in [0, 0.1) is 5.41 Å². The van der Waals surface area contributed by atoms with Gasteiger partial charge in [0.15, 0.2) is 0 Å². The van der Waals surface area contributed by atoms with E-state index >= 15 is 0 Å². The van der Waals surface area contributed by atoms with Gasteiger partial charge in [-0.3, -0.25) is 14.4 Å². The largest absolute Gasteiger partial charge is 0.427 e. The summed E-state index contributed by atoms with van der Waals surface area (Å²) in [6.07, 6.45) is 2.22. The standard InChI is InChI=1S/C20H28N2O4/c1-14(20(3,4)5)12-18(24)21-10-7-11-22-19(25)16-8-6-9-17(13-16)26-15(2)23/h6,8-9,12-13H,7,10-11H2,1-5H3,(H,21,24)(H,22,25)/b14-12+. The Balaban J connectivity index is 2.37. The van der Waals surface area contributed by atoms with Crippen LogP contribution in [-0.2, 0) is 9.59 Å². The second-order valence-corrected chi connectivity index (χ2v) is 7.10. The molecule has 0 heterocycles. The summed E-state index contributed by atoms with van der Waals surface area (Å²) < 4.78 is 4.96. The van der Waals surface area contributed by atoms with E-state index in [1.165, 1.54) is 13.0 Å². The van der Waals surface area contributed by atoms with E-state index in [1.54, 1.807) is 24.3 Å². The van der Waals surface area contributed by atoms with Gasteiger partial charge in [-0.25, -0.2) is 0 Å². The lowest BCUT2D eigenvalue weighted by molar-refractivity contribution is -0.131. The fourth-order valence-corrected chi connectivity index (χ4v) is 1.93. The van der Waals surface area contributed by atoms with Gasteiger partial charge >= 0.3 is 5.97 Å². The van der Waals surface area contributed by atoms with Crippen LogP contribution >= 0.6 is 0 Å². The van der Waals surface area contributed by atoms with Crippen molar-refractivity contribution in [2.75, 3.05) is 13.1 Å². The zero-order chi connectivity index (χ0) is 19.7. The Morgan fingerprint density at radius 1 is 1.08 bits per heavy atom. The van der Waals surface area contributed by atoms with Crippen molar-refractivity contribution < 1.29 is 19.1 Å². The smallest absolute Gasteiger partial charge is 0.308 e. The van der Waals surface area contributed by atoms with Crippen LogP contribution in [0.4, 0.5) is 0 Å². The fourth-order valence-electron chi connectivity index (χ4n) is 1.93. The fraction of sp³-hybridized carbons (Fsp3) is 0.450. The minimum Gasteiger partial charge on any atom is -0.427 e. The van der Waals surface area contributed by atoms with Crippen LogP contribution in [0.1, 0.15) is 51.4 Å². The molecular formula is C20H28N2O4. The van der Waals surface area contributed by atoms with Gasteiger partial charge < -0.3 is 15.4 Å². The SMILES string of the molecule is CC(=O)Oc1cccc(C(=O)NCCCNC(=O)/C=C(\C)C(C)(C)C)c1. The summed E-state index contributed by atoms with van der Waals surface area (Å²) in [5.41, 5.74) is 1.39. The van der Waals surface area contributed by atoms with Gasteiger partial charge in [0.1, 0.15) is 5.75 Å². The third-order valence-electron chi connectivity index (χ3n) is 3.83. The van der Waals surface area contributed by atoms with Crippen molar-refractivity contribution in [2.24, 2.45) is 5.41 Å². The molecule has 1 aromatic rings. The van der Waals surface area contributed by atoms with Crippen molar-refractivity contribution in [2.45, 2.75) is 41.0 Å². The van der Waals surface area contributed by atoms with Crippen LogP contribution in [-0.4, -0.2) is 30.9 Å². The molecule has 1 aromatic carbocycles. The van der Waals surface area contributed by atoms with Crippen LogP contribution in [0.5, 0.6) is 5.75 Å². The lowest BCUT2D eigenvalue weighted by Gasteiger charge is -2.19. The highest BCUT2D eigenvalue weighted by molar-refractivity contribution is 5.94. The molecule has 0 aliphatic heterocycles. The minimum atomic E-state index is -0.436. The summed E-state index contributed by atoms with van der Waals surface area (Å²) in [6, 6.07) is 6.42. The average molecular weight is 360 g/mol. The molecule has 6 heteroatoms. The molecule has 0 spiro atoms. The number of ether oxygens (including phenoxy) is 1. The number of carbonyl (C=O) groups is 3. The van der Waals surface area contributed by atoms with E-state index in [2.05, 4.69) is 31.4 Å². The molecule has 1 rings (SSSR count). The summed E-state index contributed by atoms with van der Waals surface area (Å²) in [4.78, 5) is 34.9. The summed E-state index contributed by atoms with van der Waals surface area (Å²) >= 11 is 0. The molecule has 0 saturated carbocycles. The van der Waals surface area contributed by atoms with E-state index in [-0.39, 0.29) is 17.2 Å². The van der Waals surface area contributed by atoms with E-state index in [9.17, 15) is 14.4 Å². The number of hydrogen-bond donors (Lipinski definition) is 2. The van der Waals surface area contributed by atoms with Crippen molar-refractivity contribution >= 4 is 17.8 Å². The number of hydrogen-bond acceptors (Lipinski definition) is 4. The zero-order valence-electron chi connectivity index (χ0n) is 16.1. The summed E-state index contributed by atoms with van der Waals surface area (Å²) in [7, 11) is 0. The zero-order valence-corrected chi connectivity index (χ0v) is 16.1. The van der Waals surface area contributed by atoms with E-state index in [4.69, 9.17) is 4.74 Å². The molecule has 2 N–H and O–H groups in total. The molecule has 26 heavy (non-hydrogen) atoms. The van der Waals surface area contributed by atoms with Gasteiger partial charge in [-0.15, -0.1) is 0 Å². The maximum Gasteiger partial charge on any atom is 0.308 e. The van der Waals surface area contributed by atoms with Gasteiger partial charge in [0.05, 0.1) is 0 Å². The first-order valence-corrected chi connectivity index (χ1v) is 8.63. The lowest BCUT2D eigenvalue weighted by atomic mass is 9.87. The van der Waals surface area contributed by atoms with Gasteiger partial charge in [-0.05, 0) is 37.0 Å². The Kier molecular flexibility index (Phi) is 8.03. The predicted octanol–water partition coefficient (Wildman–Crippen LogP) is 2.84. The lowest BCUT2D eigenvalue weighted by Crippen LogP contribution is -2.29. The number of benzene rings is 1. The van der Waals surface area contributed by atoms with Gasteiger partial charge in [-0.1, -0.05) is 32.4 Å². The van der Waals surface area contributed by atoms with Crippen LogP contribution in [0.3, 0.4) is 0 Å².